The number of pyridine rings is 1. The van der Waals surface area contributed by atoms with Crippen LogP contribution in [-0.4, -0.2) is 73.8 Å². The van der Waals surface area contributed by atoms with Gasteiger partial charge in [0.05, 0.1) is 31.8 Å². The molecule has 0 saturated carbocycles. The van der Waals surface area contributed by atoms with Crippen LogP contribution >= 0.6 is 0 Å². The molecule has 13 heteroatoms. The van der Waals surface area contributed by atoms with Gasteiger partial charge in [0.2, 0.25) is 5.16 Å². The van der Waals surface area contributed by atoms with Gasteiger partial charge in [-0.1, -0.05) is 0 Å². The van der Waals surface area contributed by atoms with Gasteiger partial charge in [-0.3, -0.25) is 4.98 Å². The smallest absolute Gasteiger partial charge is 0.387 e. The van der Waals surface area contributed by atoms with Crippen LogP contribution in [0.5, 0.6) is 17.2 Å². The van der Waals surface area contributed by atoms with Gasteiger partial charge in [0.15, 0.2) is 11.5 Å². The van der Waals surface area contributed by atoms with Gasteiger partial charge in [-0.2, -0.15) is 8.78 Å². The molecule has 1 radical (unpaired) electrons. The number of halogens is 2. The predicted octanol–water partition coefficient (Wildman–Crippen LogP) is 1.67. The fourth-order valence-electron chi connectivity index (χ4n) is 2.48. The Labute approximate surface area is 187 Å². The summed E-state index contributed by atoms with van der Waals surface area (Å²) < 4.78 is 66.7. The fourth-order valence-corrected chi connectivity index (χ4v) is 3.40. The van der Waals surface area contributed by atoms with Crippen LogP contribution in [0.4, 0.5) is 8.78 Å². The number of ether oxygens (including phenoxy) is 3. The molecule has 0 spiro atoms. The molecule has 0 saturated heterocycles. The number of H-pyrrole nitrogens is 1. The molecular weight excluding hydrogens is 421 g/mol. The molecule has 3 aromatic rings. The van der Waals surface area contributed by atoms with E-state index in [9.17, 15) is 17.2 Å². The Kier molecular flexibility index (Phi) is 7.77. The van der Waals surface area contributed by atoms with Gasteiger partial charge in [0.1, 0.15) is 11.4 Å². The molecule has 2 aromatic heterocycles. The average Bonchev–Trinajstić information content (AvgIpc) is 3.09. The van der Waals surface area contributed by atoms with Gasteiger partial charge in [0, 0.05) is 47.9 Å². The first-order valence-electron chi connectivity index (χ1n) is 7.84. The van der Waals surface area contributed by atoms with E-state index in [4.69, 9.17) is 9.47 Å². The molecule has 2 N–H and O–H groups in total. The van der Waals surface area contributed by atoms with E-state index < -0.39 is 16.6 Å². The van der Waals surface area contributed by atoms with Crippen LogP contribution < -0.4 is 18.9 Å². The van der Waals surface area contributed by atoms with Crippen molar-refractivity contribution in [1.82, 2.24) is 19.7 Å². The van der Waals surface area contributed by atoms with Crippen LogP contribution in [0, 0.1) is 0 Å². The third-order valence-corrected chi connectivity index (χ3v) is 4.93. The normalized spacial score (nSPS) is 11.3. The number of nitrogens with zero attached hydrogens (tertiary/aromatic N) is 2. The summed E-state index contributed by atoms with van der Waals surface area (Å²) in [6.07, 6.45) is 1.46. The number of alkyl halides is 2. The molecule has 151 valence electrons. The van der Waals surface area contributed by atoms with Crippen LogP contribution in [0.3, 0.4) is 0 Å². The molecular formula is C16H16F2N4NaO5S. The van der Waals surface area contributed by atoms with Crippen molar-refractivity contribution >= 4 is 50.6 Å². The van der Waals surface area contributed by atoms with Crippen LogP contribution in [0.15, 0.2) is 35.6 Å². The maximum Gasteiger partial charge on any atom is 0.387 e. The average molecular weight is 437 g/mol. The van der Waals surface area contributed by atoms with Crippen molar-refractivity contribution in [1.29, 1.82) is 0 Å². The summed E-state index contributed by atoms with van der Waals surface area (Å²) in [5.74, 6) is 0.585. The summed E-state index contributed by atoms with van der Waals surface area (Å²) in [6.45, 7) is -3.17. The number of imidazole rings is 1. The zero-order chi connectivity index (χ0) is 20.3. The van der Waals surface area contributed by atoms with Crippen LogP contribution in [-0.2, 0) is 16.6 Å². The number of benzene rings is 1. The first kappa shape index (κ1) is 23.3. The van der Waals surface area contributed by atoms with E-state index in [1.54, 1.807) is 6.07 Å². The number of methoxy groups -OCH3 is 2. The van der Waals surface area contributed by atoms with Gasteiger partial charge in [0.25, 0.3) is 10.0 Å². The van der Waals surface area contributed by atoms with Crippen molar-refractivity contribution in [3.8, 4) is 17.2 Å². The molecule has 2 heterocycles. The van der Waals surface area contributed by atoms with Crippen molar-refractivity contribution in [2.75, 3.05) is 14.2 Å². The third-order valence-electron chi connectivity index (χ3n) is 3.71. The van der Waals surface area contributed by atoms with E-state index in [2.05, 4.69) is 24.4 Å². The van der Waals surface area contributed by atoms with E-state index in [0.29, 0.717) is 17.2 Å². The fraction of sp³-hybridized carbons (Fsp3) is 0.250. The zero-order valence-corrected chi connectivity index (χ0v) is 18.6. The summed E-state index contributed by atoms with van der Waals surface area (Å²) in [5.41, 5.74) is 0.823. The van der Waals surface area contributed by atoms with E-state index >= 15 is 0 Å². The van der Waals surface area contributed by atoms with Gasteiger partial charge in [-0.15, -0.1) is 0 Å². The van der Waals surface area contributed by atoms with Crippen LogP contribution in [0.1, 0.15) is 5.69 Å². The summed E-state index contributed by atoms with van der Waals surface area (Å²) in [5, 5.41) is -0.376. The van der Waals surface area contributed by atoms with Gasteiger partial charge >= 0.3 is 6.61 Å². The first-order chi connectivity index (χ1) is 13.3. The number of aromatic amines is 1. The Morgan fingerprint density at radius 3 is 2.62 bits per heavy atom. The Balaban J connectivity index is 0.00000300. The van der Waals surface area contributed by atoms with Gasteiger partial charge < -0.3 is 19.2 Å². The largest absolute Gasteiger partial charge is 0.493 e. The zero-order valence-electron chi connectivity index (χ0n) is 15.8. The molecule has 0 fully saturated rings. The predicted molar refractivity (Wildman–Crippen MR) is 99.8 cm³/mol. The number of sulfonamides is 1. The molecule has 3 rings (SSSR count). The number of aromatic nitrogens is 3. The van der Waals surface area contributed by atoms with Gasteiger partial charge in [-0.25, -0.2) is 18.1 Å². The molecule has 0 amide bonds. The summed E-state index contributed by atoms with van der Waals surface area (Å²) in [6, 6.07) is 5.45. The molecule has 0 aliphatic heterocycles. The molecule has 29 heavy (non-hydrogen) atoms. The van der Waals surface area contributed by atoms with Crippen molar-refractivity contribution in [2.45, 2.75) is 18.3 Å². The number of rotatable bonds is 8. The molecule has 0 atom stereocenters. The number of hydrogen-bond donors (Lipinski definition) is 2. The quantitative estimate of drug-likeness (QED) is 0.515. The van der Waals surface area contributed by atoms with E-state index in [-0.39, 0.29) is 58.0 Å². The minimum absolute atomic E-state index is 0. The van der Waals surface area contributed by atoms with Crippen LogP contribution in [0.2, 0.25) is 0 Å². The topological polar surface area (TPSA) is 115 Å². The van der Waals surface area contributed by atoms with E-state index in [0.717, 1.165) is 0 Å². The SMILES string of the molecule is COc1ccnc(CNS(=O)(=O)c2nc3ccc(OC(F)F)cc3[nH]2)c1OC.[Na]. The maximum absolute atomic E-state index is 12.5. The second-order valence-electron chi connectivity index (χ2n) is 5.42. The molecule has 0 bridgehead atoms. The number of nitrogens with one attached hydrogen (secondary N) is 2. The van der Waals surface area contributed by atoms with Crippen LogP contribution in [0.25, 0.3) is 11.0 Å². The monoisotopic (exact) mass is 437 g/mol. The standard InChI is InChI=1S/C16H16F2N4O5S.Na/c1-25-13-5-6-19-12(14(13)26-2)8-20-28(23,24)16-21-10-4-3-9(27-15(17)18)7-11(10)22-16;/h3-7,15,20H,8H2,1-2H3,(H,21,22);. The van der Waals surface area contributed by atoms with Crippen molar-refractivity contribution in [3.63, 3.8) is 0 Å². The third kappa shape index (κ3) is 5.34. The minimum Gasteiger partial charge on any atom is -0.493 e. The summed E-state index contributed by atoms with van der Waals surface area (Å²) in [4.78, 5) is 10.6. The Morgan fingerprint density at radius 1 is 1.21 bits per heavy atom. The minimum atomic E-state index is -4.04. The maximum atomic E-state index is 12.5. The van der Waals surface area contributed by atoms with E-state index in [1.165, 1.54) is 38.6 Å². The van der Waals surface area contributed by atoms with Crippen molar-refractivity contribution in [2.24, 2.45) is 0 Å². The molecule has 1 aromatic carbocycles. The van der Waals surface area contributed by atoms with Crippen molar-refractivity contribution < 1.29 is 31.4 Å². The molecule has 0 unspecified atom stereocenters. The van der Waals surface area contributed by atoms with E-state index in [1.807, 2.05) is 0 Å². The first-order valence-corrected chi connectivity index (χ1v) is 9.32. The molecule has 0 aliphatic carbocycles. The number of fused-ring (bicyclic) bond motifs is 1. The number of hydrogen-bond acceptors (Lipinski definition) is 7. The summed E-state index contributed by atoms with van der Waals surface area (Å²) in [7, 11) is -1.18. The van der Waals surface area contributed by atoms with Gasteiger partial charge in [-0.05, 0) is 12.1 Å². The molecule has 9 nitrogen and oxygen atoms in total. The summed E-state index contributed by atoms with van der Waals surface area (Å²) >= 11 is 0. The Morgan fingerprint density at radius 2 is 1.97 bits per heavy atom. The Hall–Kier alpha value is -1.99. The molecule has 0 aliphatic rings. The Bertz CT molecular complexity index is 1090. The van der Waals surface area contributed by atoms with Crippen molar-refractivity contribution in [3.05, 3.63) is 36.2 Å². The second kappa shape index (κ2) is 9.67. The second-order valence-corrected chi connectivity index (χ2v) is 7.10.